The number of anilines is 1. The van der Waals surface area contributed by atoms with Gasteiger partial charge >= 0.3 is 0 Å². The summed E-state index contributed by atoms with van der Waals surface area (Å²) in [6.45, 7) is 4.82. The molecule has 140 valence electrons. The van der Waals surface area contributed by atoms with E-state index in [2.05, 4.69) is 15.5 Å². The third kappa shape index (κ3) is 4.54. The highest BCUT2D eigenvalue weighted by molar-refractivity contribution is 7.99. The van der Waals surface area contributed by atoms with Crippen molar-refractivity contribution in [3.05, 3.63) is 59.9 Å². The number of benzene rings is 2. The van der Waals surface area contributed by atoms with Crippen molar-refractivity contribution in [2.75, 3.05) is 11.1 Å². The van der Waals surface area contributed by atoms with Crippen molar-refractivity contribution in [3.8, 4) is 11.4 Å². The molecule has 0 aliphatic heterocycles. The van der Waals surface area contributed by atoms with Crippen LogP contribution in [-0.4, -0.2) is 26.4 Å². The molecule has 1 amide bonds. The number of nitrogens with one attached hydrogen (secondary N) is 1. The van der Waals surface area contributed by atoms with Gasteiger partial charge in [0, 0.05) is 24.3 Å². The summed E-state index contributed by atoms with van der Waals surface area (Å²) in [6.07, 6.45) is 0.259. The van der Waals surface area contributed by atoms with Crippen molar-refractivity contribution in [3.63, 3.8) is 0 Å². The second kappa shape index (κ2) is 8.81. The van der Waals surface area contributed by atoms with Gasteiger partial charge in [-0.05, 0) is 31.5 Å². The van der Waals surface area contributed by atoms with E-state index in [1.165, 1.54) is 17.8 Å². The summed E-state index contributed by atoms with van der Waals surface area (Å²) in [5, 5.41) is 12.0. The summed E-state index contributed by atoms with van der Waals surface area (Å²) in [5.74, 6) is 0.696. The fourth-order valence-corrected chi connectivity index (χ4v) is 3.65. The van der Waals surface area contributed by atoms with E-state index in [4.69, 9.17) is 0 Å². The van der Waals surface area contributed by atoms with Gasteiger partial charge in [0.05, 0.1) is 5.69 Å². The van der Waals surface area contributed by atoms with Crippen LogP contribution in [-0.2, 0) is 11.3 Å². The zero-order chi connectivity index (χ0) is 19.2. The quantitative estimate of drug-likeness (QED) is 0.608. The first-order valence-corrected chi connectivity index (χ1v) is 9.75. The molecule has 1 N–H and O–H groups in total. The molecule has 3 aromatic rings. The molecule has 0 aliphatic carbocycles. The Morgan fingerprint density at radius 1 is 1.15 bits per heavy atom. The number of amides is 1. The third-order valence-corrected chi connectivity index (χ3v) is 5.10. The van der Waals surface area contributed by atoms with Crippen LogP contribution in [0, 0.1) is 12.7 Å². The molecule has 0 spiro atoms. The molecule has 3 rings (SSSR count). The van der Waals surface area contributed by atoms with Crippen molar-refractivity contribution in [2.24, 2.45) is 0 Å². The number of carbonyl (C=O) groups excluding carboxylic acids is 1. The van der Waals surface area contributed by atoms with Crippen molar-refractivity contribution < 1.29 is 9.18 Å². The number of halogens is 1. The number of nitrogens with zero attached hydrogens (tertiary/aromatic N) is 3. The van der Waals surface area contributed by atoms with Crippen LogP contribution in [0.15, 0.2) is 53.7 Å². The number of aryl methyl sites for hydroxylation is 1. The molecule has 1 heterocycles. The maximum atomic E-state index is 13.6. The largest absolute Gasteiger partial charge is 0.324 e. The molecule has 0 bridgehead atoms. The Kier molecular flexibility index (Phi) is 6.24. The lowest BCUT2D eigenvalue weighted by atomic mass is 10.1. The molecule has 0 atom stereocenters. The summed E-state index contributed by atoms with van der Waals surface area (Å²) < 4.78 is 15.6. The average molecular weight is 384 g/mol. The summed E-state index contributed by atoms with van der Waals surface area (Å²) in [7, 11) is 0. The van der Waals surface area contributed by atoms with Crippen LogP contribution in [0.2, 0.25) is 0 Å². The lowest BCUT2D eigenvalue weighted by Crippen LogP contribution is -2.13. The Morgan fingerprint density at radius 2 is 1.89 bits per heavy atom. The topological polar surface area (TPSA) is 59.8 Å². The predicted molar refractivity (Wildman–Crippen MR) is 106 cm³/mol. The maximum Gasteiger partial charge on any atom is 0.225 e. The average Bonchev–Trinajstić information content (AvgIpc) is 3.06. The molecule has 7 heteroatoms. The Labute approximate surface area is 162 Å². The Balaban J connectivity index is 1.63. The molecule has 27 heavy (non-hydrogen) atoms. The number of thioether (sulfide) groups is 1. The van der Waals surface area contributed by atoms with Crippen molar-refractivity contribution in [2.45, 2.75) is 32.0 Å². The van der Waals surface area contributed by atoms with Crippen LogP contribution in [0.3, 0.4) is 0 Å². The Morgan fingerprint density at radius 3 is 2.63 bits per heavy atom. The van der Waals surface area contributed by atoms with Crippen LogP contribution >= 0.6 is 11.8 Å². The fraction of sp³-hybridized carbons (Fsp3) is 0.250. The number of carbonyl (C=O) groups is 1. The molecular weight excluding hydrogens is 363 g/mol. The smallest absolute Gasteiger partial charge is 0.225 e. The van der Waals surface area contributed by atoms with Gasteiger partial charge in [0.1, 0.15) is 5.82 Å². The summed E-state index contributed by atoms with van der Waals surface area (Å²) >= 11 is 1.47. The van der Waals surface area contributed by atoms with E-state index in [9.17, 15) is 9.18 Å². The zero-order valence-electron chi connectivity index (χ0n) is 15.3. The van der Waals surface area contributed by atoms with Gasteiger partial charge in [-0.25, -0.2) is 4.39 Å². The van der Waals surface area contributed by atoms with E-state index in [-0.39, 0.29) is 18.0 Å². The second-order valence-corrected chi connectivity index (χ2v) is 7.05. The van der Waals surface area contributed by atoms with Gasteiger partial charge in [-0.1, -0.05) is 48.2 Å². The minimum atomic E-state index is -0.438. The van der Waals surface area contributed by atoms with Crippen molar-refractivity contribution in [1.29, 1.82) is 0 Å². The van der Waals surface area contributed by atoms with Gasteiger partial charge in [0.2, 0.25) is 5.91 Å². The normalized spacial score (nSPS) is 10.8. The van der Waals surface area contributed by atoms with E-state index in [1.807, 2.05) is 42.7 Å². The molecule has 0 unspecified atom stereocenters. The standard InChI is InChI=1S/C20H21FN4OS/c1-3-25-19(15-9-5-4-8-14(15)2)23-24-20(25)27-13-12-18(26)22-17-11-7-6-10-16(17)21/h4-11H,3,12-13H2,1-2H3,(H,22,26). The highest BCUT2D eigenvalue weighted by Gasteiger charge is 2.15. The first-order chi connectivity index (χ1) is 13.1. The molecule has 0 aliphatic rings. The van der Waals surface area contributed by atoms with Crippen LogP contribution in [0.5, 0.6) is 0 Å². The molecule has 0 fully saturated rings. The zero-order valence-corrected chi connectivity index (χ0v) is 16.1. The van der Waals surface area contributed by atoms with E-state index in [1.54, 1.807) is 18.2 Å². The highest BCUT2D eigenvalue weighted by Crippen LogP contribution is 2.26. The minimum absolute atomic E-state index is 0.200. The summed E-state index contributed by atoms with van der Waals surface area (Å²) in [6, 6.07) is 14.2. The van der Waals surface area contributed by atoms with Gasteiger partial charge in [0.15, 0.2) is 11.0 Å². The summed E-state index contributed by atoms with van der Waals surface area (Å²) in [4.78, 5) is 12.0. The molecular formula is C20H21FN4OS. The second-order valence-electron chi connectivity index (χ2n) is 5.99. The summed E-state index contributed by atoms with van der Waals surface area (Å²) in [5.41, 5.74) is 2.39. The van der Waals surface area contributed by atoms with Crippen LogP contribution < -0.4 is 5.32 Å². The van der Waals surface area contributed by atoms with E-state index in [0.717, 1.165) is 28.7 Å². The van der Waals surface area contributed by atoms with Crippen LogP contribution in [0.4, 0.5) is 10.1 Å². The third-order valence-electron chi connectivity index (χ3n) is 4.13. The van der Waals surface area contributed by atoms with Gasteiger partial charge in [-0.2, -0.15) is 0 Å². The molecule has 0 radical (unpaired) electrons. The maximum absolute atomic E-state index is 13.6. The lowest BCUT2D eigenvalue weighted by Gasteiger charge is -2.09. The minimum Gasteiger partial charge on any atom is -0.324 e. The number of hydrogen-bond acceptors (Lipinski definition) is 4. The van der Waals surface area contributed by atoms with Gasteiger partial charge < -0.3 is 9.88 Å². The Hall–Kier alpha value is -2.67. The van der Waals surface area contributed by atoms with Gasteiger partial charge in [-0.3, -0.25) is 4.79 Å². The molecule has 0 saturated heterocycles. The fourth-order valence-electron chi connectivity index (χ4n) is 2.71. The lowest BCUT2D eigenvalue weighted by molar-refractivity contribution is -0.115. The monoisotopic (exact) mass is 384 g/mol. The van der Waals surface area contributed by atoms with E-state index >= 15 is 0 Å². The number of para-hydroxylation sites is 1. The molecule has 2 aromatic carbocycles. The van der Waals surface area contributed by atoms with E-state index < -0.39 is 5.82 Å². The number of aromatic nitrogens is 3. The van der Waals surface area contributed by atoms with Gasteiger partial charge in [-0.15, -0.1) is 10.2 Å². The van der Waals surface area contributed by atoms with Crippen molar-refractivity contribution >= 4 is 23.4 Å². The van der Waals surface area contributed by atoms with Crippen molar-refractivity contribution in [1.82, 2.24) is 14.8 Å². The predicted octanol–water partition coefficient (Wildman–Crippen LogP) is 4.53. The Bertz CT molecular complexity index is 941. The highest BCUT2D eigenvalue weighted by atomic mass is 32.2. The van der Waals surface area contributed by atoms with E-state index in [0.29, 0.717) is 5.75 Å². The number of rotatable bonds is 7. The number of hydrogen-bond donors (Lipinski definition) is 1. The van der Waals surface area contributed by atoms with Crippen LogP contribution in [0.1, 0.15) is 18.9 Å². The molecule has 5 nitrogen and oxygen atoms in total. The molecule has 1 aromatic heterocycles. The van der Waals surface area contributed by atoms with Gasteiger partial charge in [0.25, 0.3) is 0 Å². The first-order valence-electron chi connectivity index (χ1n) is 8.76. The molecule has 0 saturated carbocycles. The van der Waals surface area contributed by atoms with Crippen LogP contribution in [0.25, 0.3) is 11.4 Å². The first kappa shape index (κ1) is 19.1. The SMILES string of the molecule is CCn1c(SCCC(=O)Nc2ccccc2F)nnc1-c1ccccc1C.